The lowest BCUT2D eigenvalue weighted by Crippen LogP contribution is -2.48. The van der Waals surface area contributed by atoms with Gasteiger partial charge in [0.15, 0.2) is 0 Å². The highest BCUT2D eigenvalue weighted by Gasteiger charge is 2.30. The van der Waals surface area contributed by atoms with Crippen molar-refractivity contribution in [1.82, 2.24) is 5.32 Å². The van der Waals surface area contributed by atoms with E-state index >= 15 is 0 Å². The molecule has 0 aliphatic rings. The molecule has 0 bridgehead atoms. The molecule has 0 saturated heterocycles. The molecule has 0 spiro atoms. The normalized spacial score (nSPS) is 13.7. The summed E-state index contributed by atoms with van der Waals surface area (Å²) in [6.45, 7) is 4.44. The van der Waals surface area contributed by atoms with Gasteiger partial charge >= 0.3 is 0 Å². The first-order valence-electron chi connectivity index (χ1n) is 7.16. The minimum absolute atomic E-state index is 0.0295. The fourth-order valence-corrected chi connectivity index (χ4v) is 2.50. The third-order valence-corrected chi connectivity index (χ3v) is 3.76. The average molecular weight is 285 g/mol. The minimum Gasteiger partial charge on any atom is -0.491 e. The highest BCUT2D eigenvalue weighted by atomic mass is 16.5. The number of aliphatic hydroxyl groups excluding tert-OH is 1. The Balaban J connectivity index is 2.21. The number of hydrogen-bond acceptors (Lipinski definition) is 3. The van der Waals surface area contributed by atoms with Crippen molar-refractivity contribution < 1.29 is 9.84 Å². The lowest BCUT2D eigenvalue weighted by Gasteiger charge is -2.32. The van der Waals surface area contributed by atoms with E-state index in [2.05, 4.69) is 25.2 Å². The standard InChI is InChI=1S/C18H23NO2/c1-14-9-15(2)11-17(10-14)21-13-18(12-20,19-3)16-7-5-4-6-8-16/h4-11,19-20H,12-13H2,1-3H3. The summed E-state index contributed by atoms with van der Waals surface area (Å²) < 4.78 is 5.95. The van der Waals surface area contributed by atoms with Gasteiger partial charge in [0.1, 0.15) is 17.9 Å². The summed E-state index contributed by atoms with van der Waals surface area (Å²) in [6, 6.07) is 16.0. The molecule has 2 rings (SSSR count). The van der Waals surface area contributed by atoms with Crippen LogP contribution in [0.4, 0.5) is 0 Å². The maximum Gasteiger partial charge on any atom is 0.119 e. The van der Waals surface area contributed by atoms with Crippen molar-refractivity contribution in [2.45, 2.75) is 19.4 Å². The molecule has 0 heterocycles. The van der Waals surface area contributed by atoms with Crippen molar-refractivity contribution in [2.75, 3.05) is 20.3 Å². The molecule has 3 heteroatoms. The number of aryl methyl sites for hydroxylation is 2. The molecule has 2 N–H and O–H groups in total. The van der Waals surface area contributed by atoms with Crippen LogP contribution in [0, 0.1) is 13.8 Å². The van der Waals surface area contributed by atoms with E-state index in [9.17, 15) is 5.11 Å². The topological polar surface area (TPSA) is 41.5 Å². The van der Waals surface area contributed by atoms with Gasteiger partial charge in [-0.25, -0.2) is 0 Å². The Bertz CT molecular complexity index is 557. The van der Waals surface area contributed by atoms with Crippen molar-refractivity contribution >= 4 is 0 Å². The molecule has 1 unspecified atom stereocenters. The summed E-state index contributed by atoms with van der Waals surface area (Å²) in [6.07, 6.45) is 0. The molecule has 0 amide bonds. The number of aliphatic hydroxyl groups is 1. The lowest BCUT2D eigenvalue weighted by molar-refractivity contribution is 0.108. The molecule has 112 valence electrons. The molecule has 2 aromatic rings. The van der Waals surface area contributed by atoms with Crippen LogP contribution in [-0.4, -0.2) is 25.4 Å². The molecule has 21 heavy (non-hydrogen) atoms. The second-order valence-electron chi connectivity index (χ2n) is 5.47. The Kier molecular flexibility index (Phi) is 4.99. The predicted octanol–water partition coefficient (Wildman–Crippen LogP) is 2.79. The van der Waals surface area contributed by atoms with Crippen molar-refractivity contribution in [1.29, 1.82) is 0 Å². The van der Waals surface area contributed by atoms with Crippen LogP contribution in [0.1, 0.15) is 16.7 Å². The van der Waals surface area contributed by atoms with Gasteiger partial charge in [0, 0.05) is 0 Å². The highest BCUT2D eigenvalue weighted by molar-refractivity contribution is 5.33. The molecule has 1 atom stereocenters. The Morgan fingerprint density at radius 2 is 1.67 bits per heavy atom. The maximum atomic E-state index is 9.87. The fraction of sp³-hybridized carbons (Fsp3) is 0.333. The number of likely N-dealkylation sites (N-methyl/N-ethyl adjacent to an activating group) is 1. The molecule has 3 nitrogen and oxygen atoms in total. The Hall–Kier alpha value is -1.84. The number of hydrogen-bond donors (Lipinski definition) is 2. The zero-order valence-corrected chi connectivity index (χ0v) is 12.9. The van der Waals surface area contributed by atoms with Crippen molar-refractivity contribution in [3.05, 3.63) is 65.2 Å². The highest BCUT2D eigenvalue weighted by Crippen LogP contribution is 2.23. The molecule has 0 saturated carbocycles. The monoisotopic (exact) mass is 285 g/mol. The van der Waals surface area contributed by atoms with Gasteiger partial charge in [-0.15, -0.1) is 0 Å². The van der Waals surface area contributed by atoms with Gasteiger partial charge in [-0.05, 0) is 49.7 Å². The Morgan fingerprint density at radius 3 is 2.19 bits per heavy atom. The van der Waals surface area contributed by atoms with Gasteiger partial charge in [-0.2, -0.15) is 0 Å². The third kappa shape index (κ3) is 3.63. The van der Waals surface area contributed by atoms with Crippen LogP contribution >= 0.6 is 0 Å². The number of ether oxygens (including phenoxy) is 1. The fourth-order valence-electron chi connectivity index (χ4n) is 2.50. The summed E-state index contributed by atoms with van der Waals surface area (Å²) in [5, 5.41) is 13.1. The van der Waals surface area contributed by atoms with E-state index in [0.29, 0.717) is 6.61 Å². The molecule has 0 fully saturated rings. The van der Waals surface area contributed by atoms with Crippen LogP contribution in [0.5, 0.6) is 5.75 Å². The molecule has 0 aliphatic carbocycles. The van der Waals surface area contributed by atoms with E-state index in [-0.39, 0.29) is 6.61 Å². The van der Waals surface area contributed by atoms with E-state index < -0.39 is 5.54 Å². The molecule has 0 aliphatic heterocycles. The Labute approximate surface area is 126 Å². The smallest absolute Gasteiger partial charge is 0.119 e. The lowest BCUT2D eigenvalue weighted by atomic mass is 9.92. The predicted molar refractivity (Wildman–Crippen MR) is 85.7 cm³/mol. The summed E-state index contributed by atoms with van der Waals surface area (Å²) in [4.78, 5) is 0. The van der Waals surface area contributed by atoms with Crippen molar-refractivity contribution in [2.24, 2.45) is 0 Å². The summed E-state index contributed by atoms with van der Waals surface area (Å²) in [7, 11) is 1.84. The van der Waals surface area contributed by atoms with Crippen LogP contribution in [0.2, 0.25) is 0 Å². The molecular formula is C18H23NO2. The van der Waals surface area contributed by atoms with E-state index in [1.54, 1.807) is 0 Å². The van der Waals surface area contributed by atoms with Crippen molar-refractivity contribution in [3.63, 3.8) is 0 Å². The summed E-state index contributed by atoms with van der Waals surface area (Å²) >= 11 is 0. The number of rotatable bonds is 6. The van der Waals surface area contributed by atoms with Crippen molar-refractivity contribution in [3.8, 4) is 5.75 Å². The zero-order chi connectivity index (χ0) is 15.3. The zero-order valence-electron chi connectivity index (χ0n) is 12.9. The third-order valence-electron chi connectivity index (χ3n) is 3.76. The largest absolute Gasteiger partial charge is 0.491 e. The molecule has 0 radical (unpaired) electrons. The van der Waals surface area contributed by atoms with Crippen LogP contribution < -0.4 is 10.1 Å². The molecule has 2 aromatic carbocycles. The van der Waals surface area contributed by atoms with E-state index in [4.69, 9.17) is 4.74 Å². The van der Waals surface area contributed by atoms with Gasteiger partial charge in [0.25, 0.3) is 0 Å². The van der Waals surface area contributed by atoms with Gasteiger partial charge in [-0.3, -0.25) is 0 Å². The summed E-state index contributed by atoms with van der Waals surface area (Å²) in [5.74, 6) is 0.830. The van der Waals surface area contributed by atoms with Crippen LogP contribution in [0.25, 0.3) is 0 Å². The first-order chi connectivity index (χ1) is 10.1. The van der Waals surface area contributed by atoms with E-state index in [0.717, 1.165) is 11.3 Å². The SMILES string of the molecule is CNC(CO)(COc1cc(C)cc(C)c1)c1ccccc1. The van der Waals surface area contributed by atoms with Gasteiger partial charge in [0.2, 0.25) is 0 Å². The second-order valence-corrected chi connectivity index (χ2v) is 5.47. The first kappa shape index (κ1) is 15.5. The van der Waals surface area contributed by atoms with E-state index in [1.165, 1.54) is 11.1 Å². The number of nitrogens with one attached hydrogen (secondary N) is 1. The van der Waals surface area contributed by atoms with Gasteiger partial charge in [0.05, 0.1) is 6.61 Å². The Morgan fingerprint density at radius 1 is 1.05 bits per heavy atom. The number of benzene rings is 2. The maximum absolute atomic E-state index is 9.87. The van der Waals surface area contributed by atoms with Gasteiger partial charge in [-0.1, -0.05) is 36.4 Å². The molecule has 0 aromatic heterocycles. The van der Waals surface area contributed by atoms with Crippen LogP contribution in [0.15, 0.2) is 48.5 Å². The first-order valence-corrected chi connectivity index (χ1v) is 7.16. The minimum atomic E-state index is -0.598. The second kappa shape index (κ2) is 6.74. The average Bonchev–Trinajstić information content (AvgIpc) is 2.49. The van der Waals surface area contributed by atoms with E-state index in [1.807, 2.05) is 49.5 Å². The van der Waals surface area contributed by atoms with Gasteiger partial charge < -0.3 is 15.2 Å². The van der Waals surface area contributed by atoms with Crippen LogP contribution in [0.3, 0.4) is 0 Å². The quantitative estimate of drug-likeness (QED) is 0.857. The molecular weight excluding hydrogens is 262 g/mol. The van der Waals surface area contributed by atoms with Crippen LogP contribution in [-0.2, 0) is 5.54 Å². The summed E-state index contributed by atoms with van der Waals surface area (Å²) in [5.41, 5.74) is 2.76.